The number of benzene rings is 1. The second kappa shape index (κ2) is 17.6. The molecule has 0 spiro atoms. The first-order valence-corrected chi connectivity index (χ1v) is 13.0. The van der Waals surface area contributed by atoms with Gasteiger partial charge in [-0.25, -0.2) is 0 Å². The lowest BCUT2D eigenvalue weighted by molar-refractivity contribution is -0.0187. The summed E-state index contributed by atoms with van der Waals surface area (Å²) in [6, 6.07) is 7.46. The zero-order valence-corrected chi connectivity index (χ0v) is 20.4. The maximum atomic E-state index is 9.39. The third kappa shape index (κ3) is 15.8. The van der Waals surface area contributed by atoms with Crippen LogP contribution in [0.5, 0.6) is 5.75 Å². The van der Waals surface area contributed by atoms with Crippen molar-refractivity contribution in [1.29, 1.82) is 0 Å². The van der Waals surface area contributed by atoms with E-state index in [1.54, 1.807) is 12.1 Å². The second-order valence-electron chi connectivity index (χ2n) is 9.75. The van der Waals surface area contributed by atoms with Gasteiger partial charge in [0, 0.05) is 13.0 Å². The molecule has 0 aliphatic carbocycles. The van der Waals surface area contributed by atoms with Gasteiger partial charge in [-0.15, -0.1) is 0 Å². The average Bonchev–Trinajstić information content (AvgIpc) is 2.72. The largest absolute Gasteiger partial charge is 0.508 e. The van der Waals surface area contributed by atoms with E-state index in [0.29, 0.717) is 5.75 Å². The van der Waals surface area contributed by atoms with Crippen molar-refractivity contribution < 1.29 is 9.84 Å². The molecular formula is C28H50O2. The molecule has 2 heteroatoms. The Bertz CT molecular complexity index is 492. The lowest BCUT2D eigenvalue weighted by Gasteiger charge is -2.25. The van der Waals surface area contributed by atoms with Crippen molar-refractivity contribution in [3.63, 3.8) is 0 Å². The van der Waals surface area contributed by atoms with E-state index >= 15 is 0 Å². The molecule has 0 aliphatic heterocycles. The predicted octanol–water partition coefficient (Wildman–Crippen LogP) is 8.99. The molecule has 1 N–H and O–H groups in total. The van der Waals surface area contributed by atoms with E-state index < -0.39 is 0 Å². The number of hydrogen-bond donors (Lipinski definition) is 1. The fraction of sp³-hybridized carbons (Fsp3) is 0.786. The molecular weight excluding hydrogens is 368 g/mol. The Hall–Kier alpha value is -1.02. The summed E-state index contributed by atoms with van der Waals surface area (Å²) in [5.74, 6) is 0.325. The van der Waals surface area contributed by atoms with Gasteiger partial charge in [0.1, 0.15) is 5.75 Å². The van der Waals surface area contributed by atoms with E-state index in [2.05, 4.69) is 20.8 Å². The molecule has 1 aromatic rings. The van der Waals surface area contributed by atoms with Crippen molar-refractivity contribution in [2.75, 3.05) is 6.61 Å². The monoisotopic (exact) mass is 418 g/mol. The van der Waals surface area contributed by atoms with Gasteiger partial charge >= 0.3 is 0 Å². The summed E-state index contributed by atoms with van der Waals surface area (Å²) < 4.78 is 6.12. The van der Waals surface area contributed by atoms with Crippen LogP contribution in [0.2, 0.25) is 0 Å². The van der Waals surface area contributed by atoms with Crippen molar-refractivity contribution in [2.24, 2.45) is 0 Å². The fourth-order valence-corrected chi connectivity index (χ4v) is 4.16. The molecule has 174 valence electrons. The number of unbranched alkanes of at least 4 members (excludes halogenated alkanes) is 15. The molecule has 1 aromatic carbocycles. The molecule has 1 rings (SSSR count). The Morgan fingerprint density at radius 1 is 0.633 bits per heavy atom. The van der Waals surface area contributed by atoms with Crippen molar-refractivity contribution in [3.8, 4) is 5.75 Å². The van der Waals surface area contributed by atoms with E-state index in [0.717, 1.165) is 19.4 Å². The van der Waals surface area contributed by atoms with Gasteiger partial charge in [0.05, 0.1) is 5.60 Å². The molecule has 30 heavy (non-hydrogen) atoms. The minimum atomic E-state index is -0.146. The van der Waals surface area contributed by atoms with Gasteiger partial charge in [0.25, 0.3) is 0 Å². The molecule has 0 saturated heterocycles. The van der Waals surface area contributed by atoms with Gasteiger partial charge in [-0.1, -0.05) is 115 Å². The first-order valence-electron chi connectivity index (χ1n) is 13.0. The molecule has 0 unspecified atom stereocenters. The predicted molar refractivity (Wildman–Crippen MR) is 131 cm³/mol. The van der Waals surface area contributed by atoms with Gasteiger partial charge in [0.15, 0.2) is 0 Å². The number of phenolic OH excluding ortho intramolecular Hbond substituents is 1. The fourth-order valence-electron chi connectivity index (χ4n) is 4.16. The second-order valence-corrected chi connectivity index (χ2v) is 9.75. The molecule has 0 saturated carbocycles. The quantitative estimate of drug-likeness (QED) is 0.214. The van der Waals surface area contributed by atoms with Crippen LogP contribution in [-0.2, 0) is 11.2 Å². The topological polar surface area (TPSA) is 29.5 Å². The van der Waals surface area contributed by atoms with E-state index in [-0.39, 0.29) is 5.60 Å². The van der Waals surface area contributed by atoms with Gasteiger partial charge in [-0.05, 0) is 38.0 Å². The minimum Gasteiger partial charge on any atom is -0.508 e. The first-order chi connectivity index (χ1) is 14.5. The molecule has 0 radical (unpaired) electrons. The van der Waals surface area contributed by atoms with Crippen molar-refractivity contribution in [2.45, 2.75) is 136 Å². The maximum absolute atomic E-state index is 9.39. The number of aromatic hydroxyl groups is 1. The standard InChI is InChI=1S/C28H50O2/c1-4-5-6-7-8-9-10-11-12-13-14-15-16-17-18-19-24-30-28(2,3)25-26-20-22-27(29)23-21-26/h20-23,29H,4-19,24-25H2,1-3H3. The summed E-state index contributed by atoms with van der Waals surface area (Å²) >= 11 is 0. The Balaban J connectivity index is 1.84. The summed E-state index contributed by atoms with van der Waals surface area (Å²) in [6.07, 6.45) is 23.3. The third-order valence-corrected chi connectivity index (χ3v) is 6.06. The smallest absolute Gasteiger partial charge is 0.115 e. The first kappa shape index (κ1) is 27.0. The Kier molecular flexibility index (Phi) is 15.9. The Morgan fingerprint density at radius 2 is 1.03 bits per heavy atom. The molecule has 0 bridgehead atoms. The minimum absolute atomic E-state index is 0.146. The molecule has 0 heterocycles. The van der Waals surface area contributed by atoms with Gasteiger partial charge < -0.3 is 9.84 Å². The van der Waals surface area contributed by atoms with Crippen LogP contribution < -0.4 is 0 Å². The molecule has 0 amide bonds. The molecule has 0 aromatic heterocycles. The SMILES string of the molecule is CCCCCCCCCCCCCCCCCCOC(C)(C)Cc1ccc(O)cc1. The van der Waals surface area contributed by atoms with Crippen LogP contribution >= 0.6 is 0 Å². The molecule has 0 fully saturated rings. The van der Waals surface area contributed by atoms with Crippen LogP contribution in [0.1, 0.15) is 129 Å². The summed E-state index contributed by atoms with van der Waals surface area (Å²) in [5, 5.41) is 9.39. The van der Waals surface area contributed by atoms with E-state index in [4.69, 9.17) is 4.74 Å². The van der Waals surface area contributed by atoms with Crippen molar-refractivity contribution >= 4 is 0 Å². The number of rotatable bonds is 20. The van der Waals surface area contributed by atoms with E-state index in [9.17, 15) is 5.11 Å². The van der Waals surface area contributed by atoms with Crippen molar-refractivity contribution in [3.05, 3.63) is 29.8 Å². The average molecular weight is 419 g/mol. The Labute approximate surface area is 187 Å². The van der Waals surface area contributed by atoms with Gasteiger partial charge in [-0.2, -0.15) is 0 Å². The molecule has 0 atom stereocenters. The highest BCUT2D eigenvalue weighted by molar-refractivity contribution is 5.26. The van der Waals surface area contributed by atoms with Crippen LogP contribution in [0, 0.1) is 0 Å². The zero-order chi connectivity index (χ0) is 21.9. The van der Waals surface area contributed by atoms with Crippen LogP contribution in [0.4, 0.5) is 0 Å². The van der Waals surface area contributed by atoms with Crippen LogP contribution in [0.25, 0.3) is 0 Å². The van der Waals surface area contributed by atoms with E-state index in [1.807, 2.05) is 12.1 Å². The van der Waals surface area contributed by atoms with E-state index in [1.165, 1.54) is 102 Å². The highest BCUT2D eigenvalue weighted by atomic mass is 16.5. The van der Waals surface area contributed by atoms with Crippen LogP contribution in [0.15, 0.2) is 24.3 Å². The normalized spacial score (nSPS) is 11.8. The molecule has 0 aliphatic rings. The van der Waals surface area contributed by atoms with Gasteiger partial charge in [0.2, 0.25) is 0 Å². The Morgan fingerprint density at radius 3 is 1.47 bits per heavy atom. The van der Waals surface area contributed by atoms with Crippen LogP contribution in [-0.4, -0.2) is 17.3 Å². The maximum Gasteiger partial charge on any atom is 0.115 e. The van der Waals surface area contributed by atoms with Crippen LogP contribution in [0.3, 0.4) is 0 Å². The zero-order valence-electron chi connectivity index (χ0n) is 20.4. The number of hydrogen-bond acceptors (Lipinski definition) is 2. The summed E-state index contributed by atoms with van der Waals surface area (Å²) in [7, 11) is 0. The van der Waals surface area contributed by atoms with Crippen molar-refractivity contribution in [1.82, 2.24) is 0 Å². The lowest BCUT2D eigenvalue weighted by atomic mass is 9.98. The lowest BCUT2D eigenvalue weighted by Crippen LogP contribution is -2.27. The summed E-state index contributed by atoms with van der Waals surface area (Å²) in [6.45, 7) is 7.46. The highest BCUT2D eigenvalue weighted by Crippen LogP contribution is 2.20. The highest BCUT2D eigenvalue weighted by Gasteiger charge is 2.18. The number of phenols is 1. The number of ether oxygens (including phenoxy) is 1. The third-order valence-electron chi connectivity index (χ3n) is 6.06. The summed E-state index contributed by atoms with van der Waals surface area (Å²) in [5.41, 5.74) is 1.07. The summed E-state index contributed by atoms with van der Waals surface area (Å²) in [4.78, 5) is 0. The molecule has 2 nitrogen and oxygen atoms in total. The van der Waals surface area contributed by atoms with Gasteiger partial charge in [-0.3, -0.25) is 0 Å².